The molecule has 2 atom stereocenters. The largest absolute Gasteiger partial charge is 0.335 e. The SMILES string of the molecule is CC1(C)C2CNCC2CN1C(=O)Cn1ccnn1. The van der Waals surface area contributed by atoms with Gasteiger partial charge in [-0.15, -0.1) is 5.10 Å². The first-order valence-electron chi connectivity index (χ1n) is 6.44. The van der Waals surface area contributed by atoms with E-state index in [4.69, 9.17) is 0 Å². The van der Waals surface area contributed by atoms with E-state index in [1.807, 2.05) is 4.90 Å². The van der Waals surface area contributed by atoms with Gasteiger partial charge in [-0.1, -0.05) is 5.21 Å². The first-order valence-corrected chi connectivity index (χ1v) is 6.44. The molecule has 2 aliphatic heterocycles. The summed E-state index contributed by atoms with van der Waals surface area (Å²) in [5.74, 6) is 1.30. The van der Waals surface area contributed by atoms with Crippen LogP contribution in [0.5, 0.6) is 0 Å². The van der Waals surface area contributed by atoms with Crippen LogP contribution >= 0.6 is 0 Å². The molecule has 98 valence electrons. The van der Waals surface area contributed by atoms with E-state index in [-0.39, 0.29) is 18.0 Å². The van der Waals surface area contributed by atoms with Crippen molar-refractivity contribution >= 4 is 5.91 Å². The third-order valence-corrected chi connectivity index (χ3v) is 4.43. The minimum atomic E-state index is -0.0637. The number of carbonyl (C=O) groups is 1. The molecule has 2 fully saturated rings. The second kappa shape index (κ2) is 4.05. The molecule has 0 aromatic carbocycles. The Morgan fingerprint density at radius 2 is 2.33 bits per heavy atom. The lowest BCUT2D eigenvalue weighted by atomic mass is 9.85. The molecule has 6 heteroatoms. The van der Waals surface area contributed by atoms with Crippen LogP contribution in [-0.2, 0) is 11.3 Å². The van der Waals surface area contributed by atoms with Gasteiger partial charge < -0.3 is 10.2 Å². The molecule has 0 saturated carbocycles. The van der Waals surface area contributed by atoms with Crippen molar-refractivity contribution in [2.75, 3.05) is 19.6 Å². The zero-order valence-electron chi connectivity index (χ0n) is 10.8. The summed E-state index contributed by atoms with van der Waals surface area (Å²) in [5, 5.41) is 11.0. The number of amides is 1. The first-order chi connectivity index (χ1) is 8.59. The number of likely N-dealkylation sites (tertiary alicyclic amines) is 1. The normalized spacial score (nSPS) is 29.6. The van der Waals surface area contributed by atoms with Gasteiger partial charge in [-0.05, 0) is 25.7 Å². The van der Waals surface area contributed by atoms with Gasteiger partial charge in [0.05, 0.1) is 6.20 Å². The summed E-state index contributed by atoms with van der Waals surface area (Å²) >= 11 is 0. The monoisotopic (exact) mass is 249 g/mol. The number of hydrogen-bond donors (Lipinski definition) is 1. The van der Waals surface area contributed by atoms with Crippen LogP contribution in [0.15, 0.2) is 12.4 Å². The highest BCUT2D eigenvalue weighted by molar-refractivity contribution is 5.77. The molecule has 0 spiro atoms. The van der Waals surface area contributed by atoms with Crippen LogP contribution in [0.3, 0.4) is 0 Å². The molecule has 18 heavy (non-hydrogen) atoms. The van der Waals surface area contributed by atoms with Crippen LogP contribution in [0.2, 0.25) is 0 Å². The smallest absolute Gasteiger partial charge is 0.244 e. The Morgan fingerprint density at radius 1 is 1.50 bits per heavy atom. The average molecular weight is 249 g/mol. The minimum Gasteiger partial charge on any atom is -0.335 e. The number of carbonyl (C=O) groups excluding carboxylic acids is 1. The lowest BCUT2D eigenvalue weighted by Crippen LogP contribution is -2.48. The van der Waals surface area contributed by atoms with Crippen LogP contribution in [0, 0.1) is 11.8 Å². The van der Waals surface area contributed by atoms with Gasteiger partial charge in [0, 0.05) is 31.4 Å². The number of hydrogen-bond acceptors (Lipinski definition) is 4. The van der Waals surface area contributed by atoms with E-state index < -0.39 is 0 Å². The number of fused-ring (bicyclic) bond motifs is 1. The summed E-state index contributed by atoms with van der Waals surface area (Å²) in [6.07, 6.45) is 3.32. The lowest BCUT2D eigenvalue weighted by Gasteiger charge is -2.35. The highest BCUT2D eigenvalue weighted by Crippen LogP contribution is 2.40. The molecular weight excluding hydrogens is 230 g/mol. The number of aromatic nitrogens is 3. The van der Waals surface area contributed by atoms with Gasteiger partial charge in [-0.2, -0.15) is 0 Å². The molecule has 1 amide bonds. The van der Waals surface area contributed by atoms with Gasteiger partial charge in [-0.25, -0.2) is 4.68 Å². The number of nitrogens with zero attached hydrogens (tertiary/aromatic N) is 4. The van der Waals surface area contributed by atoms with Gasteiger partial charge in [-0.3, -0.25) is 4.79 Å². The van der Waals surface area contributed by atoms with Gasteiger partial charge >= 0.3 is 0 Å². The Bertz CT molecular complexity index is 441. The molecule has 3 rings (SSSR count). The van der Waals surface area contributed by atoms with Crippen molar-refractivity contribution < 1.29 is 4.79 Å². The van der Waals surface area contributed by atoms with Gasteiger partial charge in [0.2, 0.25) is 5.91 Å². The molecule has 0 radical (unpaired) electrons. The molecule has 2 aliphatic rings. The van der Waals surface area contributed by atoms with Crippen molar-refractivity contribution in [1.29, 1.82) is 0 Å². The van der Waals surface area contributed by atoms with Crippen molar-refractivity contribution in [3.05, 3.63) is 12.4 Å². The molecule has 1 aromatic rings. The van der Waals surface area contributed by atoms with Crippen molar-refractivity contribution in [3.8, 4) is 0 Å². The van der Waals surface area contributed by atoms with Crippen LogP contribution in [0.1, 0.15) is 13.8 Å². The molecule has 3 heterocycles. The van der Waals surface area contributed by atoms with E-state index in [0.717, 1.165) is 19.6 Å². The van der Waals surface area contributed by atoms with E-state index in [2.05, 4.69) is 29.5 Å². The van der Waals surface area contributed by atoms with Gasteiger partial charge in [0.25, 0.3) is 0 Å². The topological polar surface area (TPSA) is 63.1 Å². The highest BCUT2D eigenvalue weighted by Gasteiger charge is 2.51. The average Bonchev–Trinajstić information content (AvgIpc) is 2.98. The zero-order valence-corrected chi connectivity index (χ0v) is 10.8. The molecule has 0 bridgehead atoms. The predicted octanol–water partition coefficient (Wildman–Crippen LogP) is -0.265. The zero-order chi connectivity index (χ0) is 12.8. The second-order valence-electron chi connectivity index (χ2n) is 5.78. The summed E-state index contributed by atoms with van der Waals surface area (Å²) in [5.41, 5.74) is -0.0637. The van der Waals surface area contributed by atoms with Gasteiger partial charge in [0.15, 0.2) is 0 Å². The maximum atomic E-state index is 12.4. The van der Waals surface area contributed by atoms with E-state index >= 15 is 0 Å². The number of rotatable bonds is 2. The minimum absolute atomic E-state index is 0.0637. The summed E-state index contributed by atoms with van der Waals surface area (Å²) in [6, 6.07) is 0. The quantitative estimate of drug-likeness (QED) is 0.784. The Kier molecular flexibility index (Phi) is 2.62. The van der Waals surface area contributed by atoms with Crippen molar-refractivity contribution in [2.45, 2.75) is 25.9 Å². The Morgan fingerprint density at radius 3 is 3.00 bits per heavy atom. The van der Waals surface area contributed by atoms with E-state index in [1.165, 1.54) is 0 Å². The Balaban J connectivity index is 1.74. The molecule has 1 aromatic heterocycles. The molecule has 2 unspecified atom stereocenters. The molecule has 1 N–H and O–H groups in total. The fourth-order valence-corrected chi connectivity index (χ4v) is 3.39. The summed E-state index contributed by atoms with van der Waals surface area (Å²) in [4.78, 5) is 14.4. The maximum absolute atomic E-state index is 12.4. The Hall–Kier alpha value is -1.43. The van der Waals surface area contributed by atoms with E-state index in [1.54, 1.807) is 17.1 Å². The van der Waals surface area contributed by atoms with E-state index in [0.29, 0.717) is 11.8 Å². The van der Waals surface area contributed by atoms with Crippen LogP contribution < -0.4 is 5.32 Å². The first kappa shape index (κ1) is 11.6. The molecule has 0 aliphatic carbocycles. The van der Waals surface area contributed by atoms with Crippen LogP contribution in [0.4, 0.5) is 0 Å². The van der Waals surface area contributed by atoms with Crippen molar-refractivity contribution in [1.82, 2.24) is 25.2 Å². The third kappa shape index (κ3) is 1.71. The van der Waals surface area contributed by atoms with Crippen molar-refractivity contribution in [2.24, 2.45) is 11.8 Å². The highest BCUT2D eigenvalue weighted by atomic mass is 16.2. The number of nitrogens with one attached hydrogen (secondary N) is 1. The lowest BCUT2D eigenvalue weighted by molar-refractivity contribution is -0.136. The van der Waals surface area contributed by atoms with Crippen LogP contribution in [0.25, 0.3) is 0 Å². The molecule has 6 nitrogen and oxygen atoms in total. The molecular formula is C12H19N5O. The summed E-state index contributed by atoms with van der Waals surface area (Å²) < 4.78 is 1.59. The predicted molar refractivity (Wildman–Crippen MR) is 65.7 cm³/mol. The second-order valence-corrected chi connectivity index (χ2v) is 5.78. The summed E-state index contributed by atoms with van der Waals surface area (Å²) in [7, 11) is 0. The summed E-state index contributed by atoms with van der Waals surface area (Å²) in [6.45, 7) is 7.54. The van der Waals surface area contributed by atoms with Gasteiger partial charge in [0.1, 0.15) is 6.54 Å². The standard InChI is InChI=1S/C12H19N5O/c1-12(2)10-6-13-5-9(10)7-17(12)11(18)8-16-4-3-14-15-16/h3-4,9-10,13H,5-8H2,1-2H3. The van der Waals surface area contributed by atoms with Crippen LogP contribution in [-0.4, -0.2) is 51.0 Å². The Labute approximate surface area is 106 Å². The third-order valence-electron chi connectivity index (χ3n) is 4.43. The van der Waals surface area contributed by atoms with Crippen molar-refractivity contribution in [3.63, 3.8) is 0 Å². The fraction of sp³-hybridized carbons (Fsp3) is 0.750. The maximum Gasteiger partial charge on any atom is 0.244 e. The fourth-order valence-electron chi connectivity index (χ4n) is 3.39. The van der Waals surface area contributed by atoms with E-state index in [9.17, 15) is 4.79 Å². The molecule has 2 saturated heterocycles.